The van der Waals surface area contributed by atoms with Crippen LogP contribution in [-0.4, -0.2) is 35.8 Å². The van der Waals surface area contributed by atoms with Crippen molar-refractivity contribution in [2.45, 2.75) is 24.9 Å². The van der Waals surface area contributed by atoms with Crippen LogP contribution in [0.15, 0.2) is 36.4 Å². The molecule has 4 rings (SSSR count). The molecule has 5 nitrogen and oxygen atoms in total. The van der Waals surface area contributed by atoms with Gasteiger partial charge < -0.3 is 19.5 Å². The zero-order chi connectivity index (χ0) is 19.0. The van der Waals surface area contributed by atoms with Crippen molar-refractivity contribution in [2.75, 3.05) is 19.7 Å². The highest BCUT2D eigenvalue weighted by molar-refractivity contribution is 6.35. The van der Waals surface area contributed by atoms with Crippen LogP contribution in [0.2, 0.25) is 10.0 Å². The monoisotopic (exact) mass is 407 g/mol. The molecule has 0 bridgehead atoms. The summed E-state index contributed by atoms with van der Waals surface area (Å²) >= 11 is 12.4. The molecule has 0 aromatic heterocycles. The third kappa shape index (κ3) is 3.42. The Bertz CT molecular complexity index is 858. The van der Waals surface area contributed by atoms with Crippen LogP contribution in [-0.2, 0) is 12.0 Å². The highest BCUT2D eigenvalue weighted by atomic mass is 35.5. The number of carbonyl (C=O) groups is 1. The van der Waals surface area contributed by atoms with Crippen molar-refractivity contribution in [3.05, 3.63) is 57.6 Å². The fourth-order valence-corrected chi connectivity index (χ4v) is 4.32. The van der Waals surface area contributed by atoms with Crippen molar-refractivity contribution in [1.29, 1.82) is 0 Å². The number of hydrogen-bond donors (Lipinski definition) is 1. The van der Waals surface area contributed by atoms with Crippen molar-refractivity contribution in [2.24, 2.45) is 0 Å². The molecule has 1 spiro atoms. The van der Waals surface area contributed by atoms with Gasteiger partial charge in [0.15, 0.2) is 0 Å². The molecule has 1 amide bonds. The Balaban J connectivity index is 1.48. The van der Waals surface area contributed by atoms with Crippen molar-refractivity contribution in [3.8, 4) is 11.5 Å². The van der Waals surface area contributed by atoms with Crippen molar-refractivity contribution in [1.82, 2.24) is 4.90 Å². The second kappa shape index (κ2) is 7.13. The van der Waals surface area contributed by atoms with Crippen molar-refractivity contribution >= 4 is 29.3 Å². The van der Waals surface area contributed by atoms with Crippen LogP contribution in [0, 0.1) is 0 Å². The van der Waals surface area contributed by atoms with E-state index in [9.17, 15) is 4.79 Å². The van der Waals surface area contributed by atoms with Crippen LogP contribution < -0.4 is 9.47 Å². The summed E-state index contributed by atoms with van der Waals surface area (Å²) in [7, 11) is 0. The van der Waals surface area contributed by atoms with Crippen LogP contribution in [0.25, 0.3) is 0 Å². The predicted octanol–water partition coefficient (Wildman–Crippen LogP) is 4.98. The van der Waals surface area contributed by atoms with Crippen LogP contribution in [0.4, 0.5) is 4.79 Å². The van der Waals surface area contributed by atoms with E-state index >= 15 is 0 Å². The zero-order valence-corrected chi connectivity index (χ0v) is 16.1. The topological polar surface area (TPSA) is 59.0 Å². The molecule has 0 atom stereocenters. The molecule has 142 valence electrons. The number of hydrogen-bond acceptors (Lipinski definition) is 3. The van der Waals surface area contributed by atoms with Crippen LogP contribution in [0.3, 0.4) is 0 Å². The number of ether oxygens (including phenoxy) is 2. The van der Waals surface area contributed by atoms with Crippen LogP contribution in [0.1, 0.15) is 24.0 Å². The van der Waals surface area contributed by atoms with Gasteiger partial charge in [-0.15, -0.1) is 0 Å². The SMILES string of the molecule is O=C(O)N1CCC2(CC1)COc1cc(OCc3c(Cl)cccc3Cl)ccc12. The summed E-state index contributed by atoms with van der Waals surface area (Å²) in [4.78, 5) is 12.6. The van der Waals surface area contributed by atoms with Gasteiger partial charge in [0.1, 0.15) is 18.1 Å². The molecule has 2 aliphatic rings. The number of amides is 1. The molecule has 0 unspecified atom stereocenters. The Hall–Kier alpha value is -2.11. The quantitative estimate of drug-likeness (QED) is 0.779. The first kappa shape index (κ1) is 18.3. The number of rotatable bonds is 3. The molecular formula is C20H19Cl2NO4. The molecule has 2 aromatic rings. The van der Waals surface area contributed by atoms with E-state index in [2.05, 4.69) is 0 Å². The molecule has 27 heavy (non-hydrogen) atoms. The number of nitrogens with zero attached hydrogens (tertiary/aromatic N) is 1. The first-order valence-corrected chi connectivity index (χ1v) is 9.55. The van der Waals surface area contributed by atoms with E-state index in [0.717, 1.165) is 29.7 Å². The summed E-state index contributed by atoms with van der Waals surface area (Å²) in [6, 6.07) is 11.2. The fourth-order valence-electron chi connectivity index (χ4n) is 3.81. The van der Waals surface area contributed by atoms with E-state index < -0.39 is 6.09 Å². The summed E-state index contributed by atoms with van der Waals surface area (Å²) in [6.45, 7) is 1.91. The molecule has 2 aromatic carbocycles. The van der Waals surface area contributed by atoms with Gasteiger partial charge in [0.05, 0.1) is 6.61 Å². The number of piperidine rings is 1. The fraction of sp³-hybridized carbons (Fsp3) is 0.350. The summed E-state index contributed by atoms with van der Waals surface area (Å²) in [5.41, 5.74) is 1.78. The Morgan fingerprint density at radius 2 is 1.89 bits per heavy atom. The first-order valence-electron chi connectivity index (χ1n) is 8.79. The molecular weight excluding hydrogens is 389 g/mol. The van der Waals surface area contributed by atoms with Gasteiger partial charge in [-0.2, -0.15) is 0 Å². The summed E-state index contributed by atoms with van der Waals surface area (Å²) in [6.07, 6.45) is 0.676. The van der Waals surface area contributed by atoms with Gasteiger partial charge in [-0.05, 0) is 31.0 Å². The van der Waals surface area contributed by atoms with Gasteiger partial charge in [-0.1, -0.05) is 35.3 Å². The maximum atomic E-state index is 11.1. The average molecular weight is 408 g/mol. The second-order valence-corrected chi connectivity index (χ2v) is 7.80. The minimum Gasteiger partial charge on any atom is -0.492 e. The van der Waals surface area contributed by atoms with E-state index in [1.807, 2.05) is 18.2 Å². The molecule has 1 N–H and O–H groups in total. The van der Waals surface area contributed by atoms with Gasteiger partial charge in [-0.3, -0.25) is 0 Å². The Kier molecular flexibility index (Phi) is 4.82. The van der Waals surface area contributed by atoms with Crippen molar-refractivity contribution in [3.63, 3.8) is 0 Å². The molecule has 0 radical (unpaired) electrons. The normalized spacial score (nSPS) is 17.5. The Morgan fingerprint density at radius 3 is 2.56 bits per heavy atom. The van der Waals surface area contributed by atoms with Gasteiger partial charge in [0, 0.05) is 45.7 Å². The molecule has 0 aliphatic carbocycles. The Labute approximate surface area is 167 Å². The lowest BCUT2D eigenvalue weighted by molar-refractivity contribution is 0.108. The van der Waals surface area contributed by atoms with E-state index in [1.54, 1.807) is 18.2 Å². The third-order valence-electron chi connectivity index (χ3n) is 5.46. The van der Waals surface area contributed by atoms with Gasteiger partial charge in [0.2, 0.25) is 0 Å². The zero-order valence-electron chi connectivity index (χ0n) is 14.6. The van der Waals surface area contributed by atoms with Gasteiger partial charge in [0.25, 0.3) is 0 Å². The van der Waals surface area contributed by atoms with Crippen LogP contribution in [0.5, 0.6) is 11.5 Å². The van der Waals surface area contributed by atoms with E-state index in [1.165, 1.54) is 4.90 Å². The minimum atomic E-state index is -0.856. The molecule has 7 heteroatoms. The lowest BCUT2D eigenvalue weighted by atomic mass is 9.74. The second-order valence-electron chi connectivity index (χ2n) is 6.99. The molecule has 0 saturated carbocycles. The van der Waals surface area contributed by atoms with E-state index in [0.29, 0.717) is 35.5 Å². The maximum absolute atomic E-state index is 11.1. The van der Waals surface area contributed by atoms with E-state index in [-0.39, 0.29) is 12.0 Å². The molecule has 1 fully saturated rings. The Morgan fingerprint density at radius 1 is 1.19 bits per heavy atom. The van der Waals surface area contributed by atoms with Gasteiger partial charge in [-0.25, -0.2) is 4.79 Å². The van der Waals surface area contributed by atoms with E-state index in [4.69, 9.17) is 37.8 Å². The third-order valence-corrected chi connectivity index (χ3v) is 6.17. The molecule has 1 saturated heterocycles. The van der Waals surface area contributed by atoms with Crippen molar-refractivity contribution < 1.29 is 19.4 Å². The lowest BCUT2D eigenvalue weighted by Gasteiger charge is -2.37. The minimum absolute atomic E-state index is 0.105. The summed E-state index contributed by atoms with van der Waals surface area (Å²) in [5, 5.41) is 10.3. The van der Waals surface area contributed by atoms with Crippen LogP contribution >= 0.6 is 23.2 Å². The largest absolute Gasteiger partial charge is 0.492 e. The summed E-state index contributed by atoms with van der Waals surface area (Å²) in [5.74, 6) is 1.49. The maximum Gasteiger partial charge on any atom is 0.407 e. The smallest absolute Gasteiger partial charge is 0.407 e. The highest BCUT2D eigenvalue weighted by Gasteiger charge is 2.43. The lowest BCUT2D eigenvalue weighted by Crippen LogP contribution is -2.45. The average Bonchev–Trinajstić information content (AvgIpc) is 2.99. The number of halogens is 2. The molecule has 2 heterocycles. The number of likely N-dealkylation sites (tertiary alicyclic amines) is 1. The summed E-state index contributed by atoms with van der Waals surface area (Å²) < 4.78 is 11.8. The standard InChI is InChI=1S/C20H19Cl2NO4/c21-16-2-1-3-17(22)14(16)11-26-13-4-5-15-18(10-13)27-12-20(15)6-8-23(9-7-20)19(24)25/h1-5,10H,6-9,11-12H2,(H,24,25). The highest BCUT2D eigenvalue weighted by Crippen LogP contribution is 2.46. The number of carboxylic acid groups (broad SMARTS) is 1. The number of benzene rings is 2. The predicted molar refractivity (Wildman–Crippen MR) is 103 cm³/mol. The number of fused-ring (bicyclic) bond motifs is 2. The van der Waals surface area contributed by atoms with Gasteiger partial charge >= 0.3 is 6.09 Å². The first-order chi connectivity index (χ1) is 13.0. The molecule has 2 aliphatic heterocycles.